The quantitative estimate of drug-likeness (QED) is 0.745. The first-order valence-corrected chi connectivity index (χ1v) is 9.19. The fourth-order valence-electron chi connectivity index (χ4n) is 3.39. The molecule has 0 spiro atoms. The van der Waals surface area contributed by atoms with Gasteiger partial charge in [0.1, 0.15) is 12.7 Å². The van der Waals surface area contributed by atoms with Gasteiger partial charge in [0.2, 0.25) is 0 Å². The van der Waals surface area contributed by atoms with Gasteiger partial charge in [-0.15, -0.1) is 0 Å². The summed E-state index contributed by atoms with van der Waals surface area (Å²) in [6.07, 6.45) is 9.43. The Balaban J connectivity index is 1.37. The molecular weight excluding hydrogens is 340 g/mol. The molecule has 1 aromatic carbocycles. The van der Waals surface area contributed by atoms with E-state index in [2.05, 4.69) is 43.9 Å². The molecule has 2 amide bonds. The number of benzene rings is 1. The number of carbonyl (C=O) groups excluding carboxylic acids is 1. The van der Waals surface area contributed by atoms with E-state index in [1.165, 1.54) is 30.3 Å². The van der Waals surface area contributed by atoms with Gasteiger partial charge in [-0.1, -0.05) is 18.2 Å². The maximum Gasteiger partial charge on any atom is 0.319 e. The molecule has 0 saturated carbocycles. The Kier molecular flexibility index (Phi) is 4.82. The van der Waals surface area contributed by atoms with Crippen LogP contribution in [0.5, 0.6) is 0 Å². The van der Waals surface area contributed by atoms with Crippen molar-refractivity contribution >= 4 is 11.7 Å². The van der Waals surface area contributed by atoms with Gasteiger partial charge in [-0.2, -0.15) is 5.10 Å². The van der Waals surface area contributed by atoms with Crippen molar-refractivity contribution < 1.29 is 4.79 Å². The summed E-state index contributed by atoms with van der Waals surface area (Å²) in [5, 5.41) is 9.83. The molecule has 138 valence electrons. The van der Waals surface area contributed by atoms with Gasteiger partial charge in [-0.25, -0.2) is 19.4 Å². The maximum atomic E-state index is 12.3. The number of aryl methyl sites for hydroxylation is 2. The minimum atomic E-state index is -0.254. The SMILES string of the molecule is C[C@@H](NC(=O)Nc1ccc(-n2cncn2)nc1)c1ccc2c(c1)CCCC2. The van der Waals surface area contributed by atoms with E-state index < -0.39 is 0 Å². The third-order valence-electron chi connectivity index (χ3n) is 4.88. The number of urea groups is 1. The highest BCUT2D eigenvalue weighted by Gasteiger charge is 2.14. The van der Waals surface area contributed by atoms with Crippen LogP contribution in [0.25, 0.3) is 5.82 Å². The predicted molar refractivity (Wildman–Crippen MR) is 103 cm³/mol. The molecule has 0 bridgehead atoms. The van der Waals surface area contributed by atoms with Crippen molar-refractivity contribution in [2.45, 2.75) is 38.6 Å². The van der Waals surface area contributed by atoms with Crippen LogP contribution in [0.15, 0.2) is 49.2 Å². The normalized spacial score (nSPS) is 14.3. The second kappa shape index (κ2) is 7.57. The van der Waals surface area contributed by atoms with Gasteiger partial charge in [-0.05, 0) is 61.4 Å². The van der Waals surface area contributed by atoms with E-state index in [0.717, 1.165) is 18.4 Å². The van der Waals surface area contributed by atoms with Crippen molar-refractivity contribution in [1.82, 2.24) is 25.1 Å². The standard InChI is InChI=1S/C20H22N6O/c1-14(16-7-6-15-4-2-3-5-17(15)10-16)24-20(27)25-18-8-9-19(22-11-18)26-13-21-12-23-26/h6-14H,2-5H2,1H3,(H2,24,25,27)/t14-/m1/s1. The number of hydrogen-bond acceptors (Lipinski definition) is 4. The molecule has 1 atom stereocenters. The second-order valence-corrected chi connectivity index (χ2v) is 6.80. The zero-order valence-corrected chi connectivity index (χ0v) is 15.2. The summed E-state index contributed by atoms with van der Waals surface area (Å²) in [6, 6.07) is 9.78. The van der Waals surface area contributed by atoms with Crippen LogP contribution in [-0.4, -0.2) is 25.8 Å². The number of nitrogens with one attached hydrogen (secondary N) is 2. The Hall–Kier alpha value is -3.22. The summed E-state index contributed by atoms with van der Waals surface area (Å²) in [7, 11) is 0. The molecule has 4 rings (SSSR count). The van der Waals surface area contributed by atoms with Crippen LogP contribution >= 0.6 is 0 Å². The number of carbonyl (C=O) groups is 1. The summed E-state index contributed by atoms with van der Waals surface area (Å²) in [4.78, 5) is 20.5. The molecule has 0 radical (unpaired) electrons. The third kappa shape index (κ3) is 3.97. The molecule has 0 aliphatic heterocycles. The lowest BCUT2D eigenvalue weighted by molar-refractivity contribution is 0.249. The molecular formula is C20H22N6O. The van der Waals surface area contributed by atoms with E-state index in [1.54, 1.807) is 29.3 Å². The van der Waals surface area contributed by atoms with Gasteiger partial charge in [-0.3, -0.25) is 0 Å². The smallest absolute Gasteiger partial charge is 0.319 e. The fraction of sp³-hybridized carbons (Fsp3) is 0.300. The first-order valence-electron chi connectivity index (χ1n) is 9.19. The average molecular weight is 362 g/mol. The highest BCUT2D eigenvalue weighted by atomic mass is 16.2. The number of amides is 2. The zero-order chi connectivity index (χ0) is 18.6. The second-order valence-electron chi connectivity index (χ2n) is 6.80. The number of hydrogen-bond donors (Lipinski definition) is 2. The monoisotopic (exact) mass is 362 g/mol. The van der Waals surface area contributed by atoms with E-state index >= 15 is 0 Å². The predicted octanol–water partition coefficient (Wildman–Crippen LogP) is 3.42. The van der Waals surface area contributed by atoms with Crippen molar-refractivity contribution in [2.24, 2.45) is 0 Å². The topological polar surface area (TPSA) is 84.7 Å². The van der Waals surface area contributed by atoms with Crippen molar-refractivity contribution in [1.29, 1.82) is 0 Å². The first-order chi connectivity index (χ1) is 13.2. The molecule has 0 unspecified atom stereocenters. The van der Waals surface area contributed by atoms with Crippen LogP contribution < -0.4 is 10.6 Å². The minimum absolute atomic E-state index is 0.0698. The van der Waals surface area contributed by atoms with Gasteiger partial charge in [0, 0.05) is 0 Å². The van der Waals surface area contributed by atoms with E-state index in [-0.39, 0.29) is 12.1 Å². The zero-order valence-electron chi connectivity index (χ0n) is 15.2. The average Bonchev–Trinajstić information content (AvgIpc) is 3.23. The van der Waals surface area contributed by atoms with Gasteiger partial charge >= 0.3 is 6.03 Å². The maximum absolute atomic E-state index is 12.3. The molecule has 2 heterocycles. The fourth-order valence-corrected chi connectivity index (χ4v) is 3.39. The number of nitrogens with zero attached hydrogens (tertiary/aromatic N) is 4. The van der Waals surface area contributed by atoms with Gasteiger partial charge in [0.15, 0.2) is 5.82 Å². The number of pyridine rings is 1. The first kappa shape index (κ1) is 17.2. The van der Waals surface area contributed by atoms with Crippen LogP contribution in [0, 0.1) is 0 Å². The van der Waals surface area contributed by atoms with Crippen LogP contribution in [0.2, 0.25) is 0 Å². The lowest BCUT2D eigenvalue weighted by Crippen LogP contribution is -2.31. The van der Waals surface area contributed by atoms with Gasteiger partial charge < -0.3 is 10.6 Å². The van der Waals surface area contributed by atoms with Crippen LogP contribution in [-0.2, 0) is 12.8 Å². The largest absolute Gasteiger partial charge is 0.331 e. The number of aromatic nitrogens is 4. The molecule has 1 aliphatic rings. The highest BCUT2D eigenvalue weighted by Crippen LogP contribution is 2.24. The molecule has 3 aromatic rings. The van der Waals surface area contributed by atoms with Crippen LogP contribution in [0.3, 0.4) is 0 Å². The van der Waals surface area contributed by atoms with Crippen molar-refractivity contribution in [3.63, 3.8) is 0 Å². The summed E-state index contributed by atoms with van der Waals surface area (Å²) in [6.45, 7) is 2.00. The molecule has 7 nitrogen and oxygen atoms in total. The highest BCUT2D eigenvalue weighted by molar-refractivity contribution is 5.89. The van der Waals surface area contributed by atoms with Crippen molar-refractivity contribution in [2.75, 3.05) is 5.32 Å². The Bertz CT molecular complexity index is 920. The Morgan fingerprint density at radius 2 is 2.00 bits per heavy atom. The molecule has 7 heteroatoms. The number of rotatable bonds is 4. The Morgan fingerprint density at radius 3 is 2.74 bits per heavy atom. The minimum Gasteiger partial charge on any atom is -0.331 e. The molecule has 0 fully saturated rings. The summed E-state index contributed by atoms with van der Waals surface area (Å²) in [5.41, 5.74) is 4.61. The summed E-state index contributed by atoms with van der Waals surface area (Å²) >= 11 is 0. The van der Waals surface area contributed by atoms with Crippen molar-refractivity contribution in [3.05, 3.63) is 65.9 Å². The van der Waals surface area contributed by atoms with Crippen LogP contribution in [0.4, 0.5) is 10.5 Å². The number of fused-ring (bicyclic) bond motifs is 1. The summed E-state index contributed by atoms with van der Waals surface area (Å²) < 4.78 is 1.56. The van der Waals surface area contributed by atoms with E-state index in [0.29, 0.717) is 11.5 Å². The summed E-state index contributed by atoms with van der Waals surface area (Å²) in [5.74, 6) is 0.640. The molecule has 2 N–H and O–H groups in total. The molecule has 2 aromatic heterocycles. The van der Waals surface area contributed by atoms with E-state index in [1.807, 2.05) is 6.92 Å². The lowest BCUT2D eigenvalue weighted by Gasteiger charge is -2.20. The Labute approximate surface area is 157 Å². The van der Waals surface area contributed by atoms with E-state index in [4.69, 9.17) is 0 Å². The third-order valence-corrected chi connectivity index (χ3v) is 4.88. The lowest BCUT2D eigenvalue weighted by atomic mass is 9.89. The molecule has 0 saturated heterocycles. The number of anilines is 1. The molecule has 1 aliphatic carbocycles. The van der Waals surface area contributed by atoms with E-state index in [9.17, 15) is 4.79 Å². The van der Waals surface area contributed by atoms with Crippen molar-refractivity contribution in [3.8, 4) is 5.82 Å². The van der Waals surface area contributed by atoms with Gasteiger partial charge in [0.25, 0.3) is 0 Å². The molecule has 27 heavy (non-hydrogen) atoms. The van der Waals surface area contributed by atoms with Gasteiger partial charge in [0.05, 0.1) is 17.9 Å². The Morgan fingerprint density at radius 1 is 1.15 bits per heavy atom. The van der Waals surface area contributed by atoms with Crippen LogP contribution in [0.1, 0.15) is 42.5 Å².